The van der Waals surface area contributed by atoms with Gasteiger partial charge in [-0.3, -0.25) is 4.79 Å². The fourth-order valence-electron chi connectivity index (χ4n) is 2.58. The monoisotopic (exact) mass is 338 g/mol. The number of aromatic nitrogens is 3. The first-order chi connectivity index (χ1) is 12.0. The normalized spacial score (nSPS) is 12.3. The van der Waals surface area contributed by atoms with Crippen molar-refractivity contribution in [2.75, 3.05) is 5.32 Å². The van der Waals surface area contributed by atoms with Gasteiger partial charge >= 0.3 is 0 Å². The minimum atomic E-state index is -0.0556. The molecular formula is C19H22N4O2. The summed E-state index contributed by atoms with van der Waals surface area (Å²) in [5, 5.41) is 21.9. The molecule has 1 amide bonds. The summed E-state index contributed by atoms with van der Waals surface area (Å²) in [6.07, 6.45) is 1.42. The Labute approximate surface area is 146 Å². The third-order valence-corrected chi connectivity index (χ3v) is 4.24. The number of anilines is 1. The summed E-state index contributed by atoms with van der Waals surface area (Å²) in [5.74, 6) is 0.287. The molecule has 0 radical (unpaired) electrons. The fraction of sp³-hybridized carbons (Fsp3) is 0.316. The lowest BCUT2D eigenvalue weighted by Crippen LogP contribution is -2.14. The number of carbonyl (C=O) groups is 1. The molecule has 2 N–H and O–H groups in total. The maximum atomic E-state index is 12.0. The van der Waals surface area contributed by atoms with Gasteiger partial charge in [0.05, 0.1) is 0 Å². The molecule has 1 aromatic heterocycles. The lowest BCUT2D eigenvalue weighted by molar-refractivity contribution is -0.117. The second kappa shape index (κ2) is 6.93. The van der Waals surface area contributed by atoms with Crippen molar-refractivity contribution in [2.24, 2.45) is 5.92 Å². The van der Waals surface area contributed by atoms with Crippen LogP contribution in [0.4, 0.5) is 5.69 Å². The highest BCUT2D eigenvalue weighted by molar-refractivity contribution is 5.91. The fourth-order valence-corrected chi connectivity index (χ4v) is 2.58. The molecule has 0 saturated carbocycles. The zero-order valence-corrected chi connectivity index (χ0v) is 14.7. The number of phenolic OH excluding ortho intramolecular Hbond substituents is 1. The molecule has 0 bridgehead atoms. The molecule has 6 nitrogen and oxygen atoms in total. The molecule has 0 fully saturated rings. The largest absolute Gasteiger partial charge is 0.506 e. The van der Waals surface area contributed by atoms with Gasteiger partial charge in [0.1, 0.15) is 22.5 Å². The number of carbonyl (C=O) groups excluding carboxylic acids is 1. The average Bonchev–Trinajstić information content (AvgIpc) is 2.97. The van der Waals surface area contributed by atoms with Gasteiger partial charge in [-0.2, -0.15) is 0 Å². The highest BCUT2D eigenvalue weighted by Gasteiger charge is 2.12. The van der Waals surface area contributed by atoms with Crippen molar-refractivity contribution in [1.82, 2.24) is 15.0 Å². The summed E-state index contributed by atoms with van der Waals surface area (Å²) in [6.45, 7) is 6.09. The van der Waals surface area contributed by atoms with Crippen LogP contribution in [-0.2, 0) is 4.79 Å². The maximum absolute atomic E-state index is 12.0. The second-order valence-electron chi connectivity index (χ2n) is 6.45. The minimum Gasteiger partial charge on any atom is -0.506 e. The number of hydrogen-bond acceptors (Lipinski definition) is 4. The number of rotatable bonds is 5. The Bertz CT molecular complexity index is 917. The number of nitrogens with one attached hydrogen (secondary N) is 1. The van der Waals surface area contributed by atoms with Crippen molar-refractivity contribution >= 4 is 22.6 Å². The number of nitrogens with zero attached hydrogens (tertiary/aromatic N) is 3. The molecule has 0 aliphatic carbocycles. The van der Waals surface area contributed by atoms with Crippen LogP contribution in [0.1, 0.15) is 32.3 Å². The van der Waals surface area contributed by atoms with Crippen molar-refractivity contribution < 1.29 is 9.90 Å². The first kappa shape index (κ1) is 17.0. The third-order valence-electron chi connectivity index (χ3n) is 4.24. The summed E-state index contributed by atoms with van der Waals surface area (Å²) >= 11 is 0. The molecule has 1 heterocycles. The Morgan fingerprint density at radius 2 is 1.96 bits per heavy atom. The summed E-state index contributed by atoms with van der Waals surface area (Å²) < 4.78 is 0. The minimum absolute atomic E-state index is 0.0124. The standard InChI is InChI=1S/C19H22N4O2/c1-4-12(2)10-19(25)20-14-6-8-17(18(24)11-14)23-21-15-7-5-13(3)9-16(15)22-23/h5-9,11-12,24H,4,10H2,1-3H3,(H,20,25). The van der Waals surface area contributed by atoms with E-state index < -0.39 is 0 Å². The highest BCUT2D eigenvalue weighted by Crippen LogP contribution is 2.26. The van der Waals surface area contributed by atoms with Crippen LogP contribution in [0, 0.1) is 12.8 Å². The molecule has 2 aromatic carbocycles. The summed E-state index contributed by atoms with van der Waals surface area (Å²) in [4.78, 5) is 13.4. The molecule has 0 spiro atoms. The Kier molecular flexibility index (Phi) is 4.70. The van der Waals surface area contributed by atoms with Crippen molar-refractivity contribution in [1.29, 1.82) is 0 Å². The van der Waals surface area contributed by atoms with Gasteiger partial charge in [0, 0.05) is 18.2 Å². The number of phenols is 1. The molecule has 0 aliphatic heterocycles. The maximum Gasteiger partial charge on any atom is 0.224 e. The highest BCUT2D eigenvalue weighted by atomic mass is 16.3. The lowest BCUT2D eigenvalue weighted by Gasteiger charge is -2.10. The zero-order valence-electron chi connectivity index (χ0n) is 14.7. The van der Waals surface area contributed by atoms with E-state index in [1.165, 1.54) is 10.9 Å². The van der Waals surface area contributed by atoms with Crippen LogP contribution in [-0.4, -0.2) is 26.0 Å². The molecule has 0 saturated heterocycles. The number of aromatic hydroxyl groups is 1. The second-order valence-corrected chi connectivity index (χ2v) is 6.45. The molecule has 3 aromatic rings. The number of hydrogen-bond donors (Lipinski definition) is 2. The average molecular weight is 338 g/mol. The van der Waals surface area contributed by atoms with E-state index in [-0.39, 0.29) is 11.7 Å². The van der Waals surface area contributed by atoms with Crippen LogP contribution < -0.4 is 5.32 Å². The predicted octanol–water partition coefficient (Wildman–Crippen LogP) is 3.81. The van der Waals surface area contributed by atoms with E-state index in [2.05, 4.69) is 22.4 Å². The van der Waals surface area contributed by atoms with Crippen LogP contribution >= 0.6 is 0 Å². The van der Waals surface area contributed by atoms with Crippen LogP contribution in [0.15, 0.2) is 36.4 Å². The Morgan fingerprint density at radius 1 is 1.20 bits per heavy atom. The van der Waals surface area contributed by atoms with Crippen LogP contribution in [0.2, 0.25) is 0 Å². The number of amides is 1. The molecule has 130 valence electrons. The SMILES string of the molecule is CCC(C)CC(=O)Nc1ccc(-n2nc3ccc(C)cc3n2)c(O)c1. The molecule has 1 unspecified atom stereocenters. The van der Waals surface area contributed by atoms with E-state index in [4.69, 9.17) is 0 Å². The van der Waals surface area contributed by atoms with Gasteiger partial charge in [0.15, 0.2) is 0 Å². The number of benzene rings is 2. The van der Waals surface area contributed by atoms with Crippen LogP contribution in [0.5, 0.6) is 5.75 Å². The summed E-state index contributed by atoms with van der Waals surface area (Å²) in [5.41, 5.74) is 3.65. The number of fused-ring (bicyclic) bond motifs is 1. The van der Waals surface area contributed by atoms with Gasteiger partial charge in [-0.15, -0.1) is 15.0 Å². The molecule has 1 atom stereocenters. The quantitative estimate of drug-likeness (QED) is 0.741. The summed E-state index contributed by atoms with van der Waals surface area (Å²) in [6, 6.07) is 10.8. The van der Waals surface area contributed by atoms with E-state index in [9.17, 15) is 9.90 Å². The topological polar surface area (TPSA) is 80.0 Å². The first-order valence-corrected chi connectivity index (χ1v) is 8.43. The molecule has 3 rings (SSSR count). The smallest absolute Gasteiger partial charge is 0.224 e. The van der Waals surface area contributed by atoms with E-state index in [0.717, 1.165) is 23.0 Å². The van der Waals surface area contributed by atoms with Crippen molar-refractivity contribution in [3.63, 3.8) is 0 Å². The van der Waals surface area contributed by atoms with Crippen LogP contribution in [0.25, 0.3) is 16.7 Å². The van der Waals surface area contributed by atoms with Crippen molar-refractivity contribution in [2.45, 2.75) is 33.6 Å². The van der Waals surface area contributed by atoms with Gasteiger partial charge in [0.25, 0.3) is 0 Å². The van der Waals surface area contributed by atoms with Gasteiger partial charge < -0.3 is 10.4 Å². The number of aryl methyl sites for hydroxylation is 1. The third kappa shape index (κ3) is 3.79. The predicted molar refractivity (Wildman–Crippen MR) is 98.0 cm³/mol. The van der Waals surface area contributed by atoms with E-state index in [0.29, 0.717) is 23.7 Å². The van der Waals surface area contributed by atoms with E-state index in [1.54, 1.807) is 12.1 Å². The van der Waals surface area contributed by atoms with Gasteiger partial charge in [-0.1, -0.05) is 26.3 Å². The van der Waals surface area contributed by atoms with Gasteiger partial charge in [0.2, 0.25) is 5.91 Å². The Hall–Kier alpha value is -2.89. The molecule has 0 aliphatic rings. The van der Waals surface area contributed by atoms with Crippen molar-refractivity contribution in [3.8, 4) is 11.4 Å². The van der Waals surface area contributed by atoms with Crippen molar-refractivity contribution in [3.05, 3.63) is 42.0 Å². The summed E-state index contributed by atoms with van der Waals surface area (Å²) in [7, 11) is 0. The van der Waals surface area contributed by atoms with Crippen LogP contribution in [0.3, 0.4) is 0 Å². The molecular weight excluding hydrogens is 316 g/mol. The molecule has 6 heteroatoms. The van der Waals surface area contributed by atoms with E-state index >= 15 is 0 Å². The Balaban J connectivity index is 1.82. The lowest BCUT2D eigenvalue weighted by atomic mass is 10.1. The zero-order chi connectivity index (χ0) is 18.0. The Morgan fingerprint density at radius 3 is 2.68 bits per heavy atom. The first-order valence-electron chi connectivity index (χ1n) is 8.43. The van der Waals surface area contributed by atoms with Gasteiger partial charge in [-0.05, 0) is 42.7 Å². The molecule has 25 heavy (non-hydrogen) atoms. The van der Waals surface area contributed by atoms with Gasteiger partial charge in [-0.25, -0.2) is 0 Å². The van der Waals surface area contributed by atoms with E-state index in [1.807, 2.05) is 32.0 Å².